The van der Waals surface area contributed by atoms with Crippen LogP contribution in [0.25, 0.3) is 0 Å². The molecule has 0 saturated heterocycles. The fourth-order valence-electron chi connectivity index (χ4n) is 2.73. The third-order valence-electron chi connectivity index (χ3n) is 4.25. The number of amides is 2. The molecule has 0 radical (unpaired) electrons. The third-order valence-corrected chi connectivity index (χ3v) is 4.96. The Morgan fingerprint density at radius 1 is 1.04 bits per heavy atom. The number of benzene rings is 2. The topological polar surface area (TPSA) is 49.4 Å². The average molecular weight is 425 g/mol. The number of nitrogens with zero attached hydrogens (tertiary/aromatic N) is 1. The van der Waals surface area contributed by atoms with Gasteiger partial charge in [-0.2, -0.15) is 0 Å². The zero-order valence-electron chi connectivity index (χ0n) is 16.0. The van der Waals surface area contributed by atoms with E-state index in [0.29, 0.717) is 21.2 Å². The van der Waals surface area contributed by atoms with Gasteiger partial charge in [-0.3, -0.25) is 9.59 Å². The predicted molar refractivity (Wildman–Crippen MR) is 110 cm³/mol. The molecular formula is C21H23Cl2FN2O2. The van der Waals surface area contributed by atoms with Gasteiger partial charge >= 0.3 is 0 Å². The van der Waals surface area contributed by atoms with Crippen molar-refractivity contribution in [2.45, 2.75) is 45.8 Å². The molecule has 0 aliphatic heterocycles. The molecule has 0 aromatic heterocycles. The smallest absolute Gasteiger partial charge is 0.242 e. The van der Waals surface area contributed by atoms with Crippen LogP contribution in [-0.2, 0) is 22.6 Å². The van der Waals surface area contributed by atoms with Gasteiger partial charge in [-0.05, 0) is 56.2 Å². The molecule has 4 nitrogen and oxygen atoms in total. The van der Waals surface area contributed by atoms with Gasteiger partial charge in [-0.15, -0.1) is 0 Å². The number of nitrogens with one attached hydrogen (secondary N) is 1. The van der Waals surface area contributed by atoms with E-state index in [0.717, 1.165) is 0 Å². The first-order chi connectivity index (χ1) is 13.2. The summed E-state index contributed by atoms with van der Waals surface area (Å²) in [5.41, 5.74) is 1.22. The highest BCUT2D eigenvalue weighted by molar-refractivity contribution is 6.36. The standard InChI is InChI=1S/C21H23Cl2FN2O2/c1-13(2)25-21(28)14(3)26(12-15-7-9-16(24)10-8-15)20(27)11-17-18(22)5-4-6-19(17)23/h4-10,13-14H,11-12H2,1-3H3,(H,25,28)/t14-/m1/s1. The molecule has 0 aliphatic carbocycles. The van der Waals surface area contributed by atoms with Crippen molar-refractivity contribution >= 4 is 35.0 Å². The second kappa shape index (κ2) is 9.89. The molecule has 0 unspecified atom stereocenters. The van der Waals surface area contributed by atoms with Crippen molar-refractivity contribution in [2.24, 2.45) is 0 Å². The maximum atomic E-state index is 13.2. The summed E-state index contributed by atoms with van der Waals surface area (Å²) in [7, 11) is 0. The van der Waals surface area contributed by atoms with E-state index in [1.165, 1.54) is 17.0 Å². The van der Waals surface area contributed by atoms with Crippen LogP contribution in [0.4, 0.5) is 4.39 Å². The SMILES string of the molecule is CC(C)NC(=O)[C@@H](C)N(Cc1ccc(F)cc1)C(=O)Cc1c(Cl)cccc1Cl. The molecule has 0 bridgehead atoms. The van der Waals surface area contributed by atoms with Crippen LogP contribution in [-0.4, -0.2) is 28.8 Å². The molecule has 2 amide bonds. The van der Waals surface area contributed by atoms with Crippen LogP contribution in [0.2, 0.25) is 10.0 Å². The Balaban J connectivity index is 2.29. The van der Waals surface area contributed by atoms with Gasteiger partial charge in [0.25, 0.3) is 0 Å². The van der Waals surface area contributed by atoms with Crippen LogP contribution >= 0.6 is 23.2 Å². The number of hydrogen-bond donors (Lipinski definition) is 1. The number of hydrogen-bond acceptors (Lipinski definition) is 2. The van der Waals surface area contributed by atoms with E-state index in [4.69, 9.17) is 23.2 Å². The van der Waals surface area contributed by atoms with Crippen molar-refractivity contribution < 1.29 is 14.0 Å². The Bertz CT molecular complexity index is 821. The first-order valence-electron chi connectivity index (χ1n) is 8.96. The van der Waals surface area contributed by atoms with E-state index in [1.807, 2.05) is 13.8 Å². The van der Waals surface area contributed by atoms with E-state index in [9.17, 15) is 14.0 Å². The van der Waals surface area contributed by atoms with E-state index >= 15 is 0 Å². The lowest BCUT2D eigenvalue weighted by atomic mass is 10.1. The van der Waals surface area contributed by atoms with Crippen LogP contribution < -0.4 is 5.32 Å². The molecule has 0 heterocycles. The highest BCUT2D eigenvalue weighted by Crippen LogP contribution is 2.26. The molecule has 2 rings (SSSR count). The zero-order chi connectivity index (χ0) is 20.8. The minimum absolute atomic E-state index is 0.0427. The summed E-state index contributed by atoms with van der Waals surface area (Å²) in [6.45, 7) is 5.52. The van der Waals surface area contributed by atoms with Gasteiger partial charge in [-0.1, -0.05) is 41.4 Å². The molecule has 1 atom stereocenters. The quantitative estimate of drug-likeness (QED) is 0.704. The fraction of sp³-hybridized carbons (Fsp3) is 0.333. The monoisotopic (exact) mass is 424 g/mol. The van der Waals surface area contributed by atoms with E-state index < -0.39 is 6.04 Å². The molecule has 1 N–H and O–H groups in total. The second-order valence-corrected chi connectivity index (χ2v) is 7.68. The Hall–Kier alpha value is -2.11. The van der Waals surface area contributed by atoms with Gasteiger partial charge in [0, 0.05) is 22.6 Å². The Morgan fingerprint density at radius 2 is 1.61 bits per heavy atom. The fourth-order valence-corrected chi connectivity index (χ4v) is 3.26. The highest BCUT2D eigenvalue weighted by atomic mass is 35.5. The lowest BCUT2D eigenvalue weighted by molar-refractivity contribution is -0.140. The van der Waals surface area contributed by atoms with E-state index in [1.54, 1.807) is 37.3 Å². The maximum absolute atomic E-state index is 13.2. The normalized spacial score (nSPS) is 12.0. The van der Waals surface area contributed by atoms with Crippen molar-refractivity contribution in [3.05, 3.63) is 69.5 Å². The molecule has 28 heavy (non-hydrogen) atoms. The van der Waals surface area contributed by atoms with Crippen LogP contribution in [0, 0.1) is 5.82 Å². The van der Waals surface area contributed by atoms with E-state index in [2.05, 4.69) is 5.32 Å². The molecule has 0 aliphatic rings. The molecule has 2 aromatic rings. The molecule has 2 aromatic carbocycles. The van der Waals surface area contributed by atoms with Gasteiger partial charge in [0.2, 0.25) is 11.8 Å². The number of rotatable bonds is 7. The van der Waals surface area contributed by atoms with E-state index in [-0.39, 0.29) is 36.6 Å². The van der Waals surface area contributed by atoms with Crippen LogP contribution in [0.3, 0.4) is 0 Å². The van der Waals surface area contributed by atoms with Gasteiger partial charge < -0.3 is 10.2 Å². The van der Waals surface area contributed by atoms with Crippen molar-refractivity contribution in [1.29, 1.82) is 0 Å². The molecule has 7 heteroatoms. The van der Waals surface area contributed by atoms with Gasteiger partial charge in [0.05, 0.1) is 6.42 Å². The lowest BCUT2D eigenvalue weighted by Gasteiger charge is -2.29. The summed E-state index contributed by atoms with van der Waals surface area (Å²) in [5, 5.41) is 3.60. The molecule has 0 fully saturated rings. The summed E-state index contributed by atoms with van der Waals surface area (Å²) in [6.07, 6.45) is -0.0427. The Labute approximate surface area is 174 Å². The number of halogens is 3. The first kappa shape index (κ1) is 22.2. The number of carbonyl (C=O) groups excluding carboxylic acids is 2. The molecule has 0 saturated carbocycles. The summed E-state index contributed by atoms with van der Waals surface area (Å²) < 4.78 is 13.2. The first-order valence-corrected chi connectivity index (χ1v) is 9.71. The van der Waals surface area contributed by atoms with Crippen molar-refractivity contribution in [3.63, 3.8) is 0 Å². The minimum atomic E-state index is -0.721. The van der Waals surface area contributed by atoms with Gasteiger partial charge in [0.15, 0.2) is 0 Å². The summed E-state index contributed by atoms with van der Waals surface area (Å²) in [5.74, 6) is -0.934. The molecule has 0 spiro atoms. The average Bonchev–Trinajstić information content (AvgIpc) is 2.63. The van der Waals surface area contributed by atoms with Crippen LogP contribution in [0.5, 0.6) is 0 Å². The largest absolute Gasteiger partial charge is 0.352 e. The number of carbonyl (C=O) groups is 2. The molecule has 150 valence electrons. The van der Waals surface area contributed by atoms with Crippen LogP contribution in [0.1, 0.15) is 31.9 Å². The molecular weight excluding hydrogens is 402 g/mol. The maximum Gasteiger partial charge on any atom is 0.242 e. The zero-order valence-corrected chi connectivity index (χ0v) is 17.5. The Kier molecular flexibility index (Phi) is 7.84. The van der Waals surface area contributed by atoms with Crippen LogP contribution in [0.15, 0.2) is 42.5 Å². The summed E-state index contributed by atoms with van der Waals surface area (Å²) in [4.78, 5) is 27.0. The van der Waals surface area contributed by atoms with Gasteiger partial charge in [0.1, 0.15) is 11.9 Å². The van der Waals surface area contributed by atoms with Gasteiger partial charge in [-0.25, -0.2) is 4.39 Å². The second-order valence-electron chi connectivity index (χ2n) is 6.86. The van der Waals surface area contributed by atoms with Crippen molar-refractivity contribution in [2.75, 3.05) is 0 Å². The predicted octanol–water partition coefficient (Wildman–Crippen LogP) is 4.62. The highest BCUT2D eigenvalue weighted by Gasteiger charge is 2.27. The minimum Gasteiger partial charge on any atom is -0.352 e. The summed E-state index contributed by atoms with van der Waals surface area (Å²) in [6, 6.07) is 10.1. The Morgan fingerprint density at radius 3 is 2.14 bits per heavy atom. The van der Waals surface area contributed by atoms with Crippen molar-refractivity contribution in [1.82, 2.24) is 10.2 Å². The summed E-state index contributed by atoms with van der Waals surface area (Å²) >= 11 is 12.4. The lowest BCUT2D eigenvalue weighted by Crippen LogP contribution is -2.49. The van der Waals surface area contributed by atoms with Crippen molar-refractivity contribution in [3.8, 4) is 0 Å². The third kappa shape index (κ3) is 5.94.